The Hall–Kier alpha value is -1.52. The highest BCUT2D eigenvalue weighted by atomic mass is 35.5. The van der Waals surface area contributed by atoms with E-state index in [2.05, 4.69) is 16.9 Å². The molecule has 0 atom stereocenters. The van der Waals surface area contributed by atoms with E-state index in [0.717, 1.165) is 24.5 Å². The van der Waals surface area contributed by atoms with E-state index in [9.17, 15) is 0 Å². The minimum absolute atomic E-state index is 0.602. The molecule has 0 spiro atoms. The minimum atomic E-state index is 0.602. The normalized spacial score (nSPS) is 11.1. The van der Waals surface area contributed by atoms with E-state index in [1.54, 1.807) is 0 Å². The predicted octanol–water partition coefficient (Wildman–Crippen LogP) is 2.29. The van der Waals surface area contributed by atoms with Gasteiger partial charge in [0.05, 0.1) is 17.3 Å². The molecule has 1 aromatic heterocycles. The van der Waals surface area contributed by atoms with Gasteiger partial charge in [-0.2, -0.15) is 0 Å². The number of hydrogen-bond donors (Lipinski definition) is 1. The van der Waals surface area contributed by atoms with Gasteiger partial charge >= 0.3 is 0 Å². The van der Waals surface area contributed by atoms with Gasteiger partial charge in [-0.15, -0.1) is 0 Å². The number of benzene rings is 1. The lowest BCUT2D eigenvalue weighted by molar-refractivity contribution is 0.307. The Labute approximate surface area is 112 Å². The molecule has 0 aliphatic heterocycles. The fourth-order valence-electron chi connectivity index (χ4n) is 1.85. The van der Waals surface area contributed by atoms with Gasteiger partial charge in [0.15, 0.2) is 0 Å². The predicted molar refractivity (Wildman–Crippen MR) is 74.2 cm³/mol. The van der Waals surface area contributed by atoms with Crippen molar-refractivity contribution in [1.82, 2.24) is 14.5 Å². The van der Waals surface area contributed by atoms with Gasteiger partial charge in [-0.05, 0) is 24.7 Å². The topological polar surface area (TPSA) is 47.1 Å². The van der Waals surface area contributed by atoms with Gasteiger partial charge in [-0.3, -0.25) is 4.90 Å². The van der Waals surface area contributed by atoms with E-state index < -0.39 is 0 Å². The smallest absolute Gasteiger partial charge is 0.122 e. The van der Waals surface area contributed by atoms with Crippen LogP contribution in [0.25, 0.3) is 0 Å². The van der Waals surface area contributed by atoms with Crippen LogP contribution in [0.3, 0.4) is 0 Å². The van der Waals surface area contributed by atoms with Crippen LogP contribution in [-0.4, -0.2) is 21.5 Å². The van der Waals surface area contributed by atoms with E-state index in [1.165, 1.54) is 0 Å². The molecule has 18 heavy (non-hydrogen) atoms. The summed E-state index contributed by atoms with van der Waals surface area (Å²) in [5, 5.41) is 0.602. The molecule has 0 saturated heterocycles. The van der Waals surface area contributed by atoms with Gasteiger partial charge in [-0.25, -0.2) is 4.98 Å². The highest BCUT2D eigenvalue weighted by Gasteiger charge is 2.06. The first-order valence-corrected chi connectivity index (χ1v) is 6.12. The fourth-order valence-corrected chi connectivity index (χ4v) is 1.97. The zero-order chi connectivity index (χ0) is 13.1. The Morgan fingerprint density at radius 2 is 2.17 bits per heavy atom. The van der Waals surface area contributed by atoms with Crippen LogP contribution in [-0.2, 0) is 20.1 Å². The molecule has 0 aliphatic carbocycles. The van der Waals surface area contributed by atoms with Crippen LogP contribution in [0, 0.1) is 0 Å². The van der Waals surface area contributed by atoms with Gasteiger partial charge in [0.2, 0.25) is 0 Å². The Morgan fingerprint density at radius 1 is 1.39 bits per heavy atom. The molecule has 0 saturated carbocycles. The molecule has 0 amide bonds. The monoisotopic (exact) mass is 264 g/mol. The van der Waals surface area contributed by atoms with Crippen LogP contribution < -0.4 is 5.73 Å². The van der Waals surface area contributed by atoms with Crippen molar-refractivity contribution >= 4 is 17.3 Å². The van der Waals surface area contributed by atoms with Crippen molar-refractivity contribution in [1.29, 1.82) is 0 Å². The lowest BCUT2D eigenvalue weighted by Crippen LogP contribution is -2.19. The lowest BCUT2D eigenvalue weighted by atomic mass is 10.2. The van der Waals surface area contributed by atoms with Crippen LogP contribution in [0.4, 0.5) is 5.69 Å². The largest absolute Gasteiger partial charge is 0.398 e. The number of nitrogens with zero attached hydrogens (tertiary/aromatic N) is 3. The van der Waals surface area contributed by atoms with Crippen LogP contribution >= 0.6 is 11.6 Å². The molecule has 96 valence electrons. The number of aryl methyl sites for hydroxylation is 1. The van der Waals surface area contributed by atoms with Gasteiger partial charge in [0.25, 0.3) is 0 Å². The average molecular weight is 265 g/mol. The summed E-state index contributed by atoms with van der Waals surface area (Å²) in [5.41, 5.74) is 7.56. The molecule has 0 bridgehead atoms. The number of halogens is 1. The van der Waals surface area contributed by atoms with Gasteiger partial charge in [0, 0.05) is 26.0 Å². The van der Waals surface area contributed by atoms with Crippen molar-refractivity contribution in [3.63, 3.8) is 0 Å². The van der Waals surface area contributed by atoms with E-state index in [4.69, 9.17) is 17.3 Å². The molecule has 0 unspecified atom stereocenters. The van der Waals surface area contributed by atoms with E-state index in [-0.39, 0.29) is 0 Å². The van der Waals surface area contributed by atoms with Crippen molar-refractivity contribution in [3.8, 4) is 0 Å². The Balaban J connectivity index is 2.01. The molecule has 2 rings (SSSR count). The van der Waals surface area contributed by atoms with Gasteiger partial charge < -0.3 is 10.3 Å². The first kappa shape index (κ1) is 12.9. The van der Waals surface area contributed by atoms with Crippen molar-refractivity contribution in [2.45, 2.75) is 13.1 Å². The molecule has 2 N–H and O–H groups in total. The SMILES string of the molecule is CN(Cc1ccc(Cl)c(N)c1)Cc1nccn1C. The second-order valence-corrected chi connectivity index (χ2v) is 4.89. The maximum Gasteiger partial charge on any atom is 0.122 e. The lowest BCUT2D eigenvalue weighted by Gasteiger charge is -2.16. The Morgan fingerprint density at radius 3 is 2.78 bits per heavy atom. The number of hydrogen-bond acceptors (Lipinski definition) is 3. The molecular formula is C13H17ClN4. The van der Waals surface area contributed by atoms with Crippen LogP contribution in [0.1, 0.15) is 11.4 Å². The molecular weight excluding hydrogens is 248 g/mol. The second kappa shape index (κ2) is 5.42. The van der Waals surface area contributed by atoms with Crippen LogP contribution in [0.5, 0.6) is 0 Å². The zero-order valence-electron chi connectivity index (χ0n) is 10.6. The molecule has 4 nitrogen and oxygen atoms in total. The number of imidazole rings is 1. The van der Waals surface area contributed by atoms with E-state index in [1.807, 2.05) is 42.2 Å². The standard InChI is InChI=1S/C13H17ClN4/c1-17(9-13-16-5-6-18(13)2)8-10-3-4-11(14)12(15)7-10/h3-7H,8-9,15H2,1-2H3. The van der Waals surface area contributed by atoms with Crippen molar-refractivity contribution in [2.24, 2.45) is 7.05 Å². The third kappa shape index (κ3) is 3.03. The Kier molecular flexibility index (Phi) is 3.89. The van der Waals surface area contributed by atoms with E-state index in [0.29, 0.717) is 10.7 Å². The summed E-state index contributed by atoms with van der Waals surface area (Å²) in [6, 6.07) is 5.74. The highest BCUT2D eigenvalue weighted by molar-refractivity contribution is 6.33. The summed E-state index contributed by atoms with van der Waals surface area (Å²) in [4.78, 5) is 6.49. The first-order chi connectivity index (χ1) is 8.56. The number of aromatic nitrogens is 2. The summed E-state index contributed by atoms with van der Waals surface area (Å²) >= 11 is 5.90. The van der Waals surface area contributed by atoms with Crippen molar-refractivity contribution < 1.29 is 0 Å². The van der Waals surface area contributed by atoms with Gasteiger partial charge in [0.1, 0.15) is 5.82 Å². The molecule has 0 fully saturated rings. The molecule has 0 aliphatic rings. The quantitative estimate of drug-likeness (QED) is 0.862. The molecule has 1 aromatic carbocycles. The summed E-state index contributed by atoms with van der Waals surface area (Å²) < 4.78 is 2.02. The number of anilines is 1. The third-order valence-electron chi connectivity index (χ3n) is 2.85. The minimum Gasteiger partial charge on any atom is -0.398 e. The number of nitrogens with two attached hydrogens (primary N) is 1. The summed E-state index contributed by atoms with van der Waals surface area (Å²) in [7, 11) is 4.05. The van der Waals surface area contributed by atoms with E-state index >= 15 is 0 Å². The molecule has 1 heterocycles. The zero-order valence-corrected chi connectivity index (χ0v) is 11.4. The molecule has 5 heteroatoms. The summed E-state index contributed by atoms with van der Waals surface area (Å²) in [6.07, 6.45) is 3.76. The third-order valence-corrected chi connectivity index (χ3v) is 3.19. The average Bonchev–Trinajstić information content (AvgIpc) is 2.70. The van der Waals surface area contributed by atoms with Gasteiger partial charge in [-0.1, -0.05) is 17.7 Å². The second-order valence-electron chi connectivity index (χ2n) is 4.48. The Bertz CT molecular complexity index is 536. The van der Waals surface area contributed by atoms with Crippen LogP contribution in [0.15, 0.2) is 30.6 Å². The highest BCUT2D eigenvalue weighted by Crippen LogP contribution is 2.20. The number of rotatable bonds is 4. The summed E-state index contributed by atoms with van der Waals surface area (Å²) in [5.74, 6) is 1.04. The first-order valence-electron chi connectivity index (χ1n) is 5.75. The summed E-state index contributed by atoms with van der Waals surface area (Å²) in [6.45, 7) is 1.61. The van der Waals surface area contributed by atoms with Crippen molar-refractivity contribution in [3.05, 3.63) is 47.0 Å². The van der Waals surface area contributed by atoms with Crippen LogP contribution in [0.2, 0.25) is 5.02 Å². The van der Waals surface area contributed by atoms with Crippen molar-refractivity contribution in [2.75, 3.05) is 12.8 Å². The maximum absolute atomic E-state index is 5.90. The number of nitrogen functional groups attached to an aromatic ring is 1. The molecule has 2 aromatic rings. The fraction of sp³-hybridized carbons (Fsp3) is 0.308. The molecule has 0 radical (unpaired) electrons. The maximum atomic E-state index is 5.90.